The number of rotatable bonds is 3. The third-order valence-corrected chi connectivity index (χ3v) is 7.61. The Morgan fingerprint density at radius 1 is 0.585 bits per heavy atom. The summed E-state index contributed by atoms with van der Waals surface area (Å²) in [5.74, 6) is 0.387. The summed E-state index contributed by atoms with van der Waals surface area (Å²) in [6.07, 6.45) is 0. The molecule has 4 nitrogen and oxygen atoms in total. The standard InChI is InChI=1S/C37H22N2O2/c1-2-11-23(12-3-1)37-38-29-18-8-16-27(35(29)41-37)26-15-10-22-33-34(26)28-17-9-21-32(36(28)40-33)39-30-19-6-4-13-24(30)25-14-5-7-20-31(25)39/h1-22H/i9D,10D,15D,17D,21D,22D. The molecule has 192 valence electrons. The van der Waals surface area contributed by atoms with Gasteiger partial charge in [0.2, 0.25) is 5.89 Å². The van der Waals surface area contributed by atoms with E-state index in [2.05, 4.69) is 4.98 Å². The molecular formula is C37H22N2O2. The highest BCUT2D eigenvalue weighted by Gasteiger charge is 2.21. The van der Waals surface area contributed by atoms with Crippen LogP contribution in [0.15, 0.2) is 142 Å². The van der Waals surface area contributed by atoms with Crippen LogP contribution in [0.2, 0.25) is 0 Å². The third-order valence-electron chi connectivity index (χ3n) is 7.61. The van der Waals surface area contributed by atoms with Gasteiger partial charge >= 0.3 is 0 Å². The first kappa shape index (κ1) is 17.2. The first-order chi connectivity index (χ1) is 22.8. The Labute approximate surface area is 243 Å². The van der Waals surface area contributed by atoms with Crippen molar-refractivity contribution >= 4 is 54.8 Å². The predicted octanol–water partition coefficient (Wildman–Crippen LogP) is 10.2. The molecule has 0 fully saturated rings. The summed E-state index contributed by atoms with van der Waals surface area (Å²) in [6, 6.07) is 28.6. The number of para-hydroxylation sites is 4. The van der Waals surface area contributed by atoms with E-state index in [-0.39, 0.29) is 69.4 Å². The molecule has 0 aliphatic rings. The number of hydrogen-bond donors (Lipinski definition) is 0. The molecule has 0 amide bonds. The Balaban J connectivity index is 1.45. The first-order valence-electron chi connectivity index (χ1n) is 16.2. The minimum absolute atomic E-state index is 0.00341. The van der Waals surface area contributed by atoms with Crippen molar-refractivity contribution in [3.05, 3.63) is 133 Å². The highest BCUT2D eigenvalue weighted by Crippen LogP contribution is 2.43. The van der Waals surface area contributed by atoms with Crippen LogP contribution < -0.4 is 0 Å². The minimum atomic E-state index is -0.353. The van der Waals surface area contributed by atoms with Crippen LogP contribution in [0, 0.1) is 0 Å². The highest BCUT2D eigenvalue weighted by atomic mass is 16.3. The highest BCUT2D eigenvalue weighted by molar-refractivity contribution is 6.17. The van der Waals surface area contributed by atoms with Gasteiger partial charge in [-0.3, -0.25) is 0 Å². The number of hydrogen-bond acceptors (Lipinski definition) is 3. The van der Waals surface area contributed by atoms with Crippen molar-refractivity contribution in [3.8, 4) is 28.3 Å². The van der Waals surface area contributed by atoms with Gasteiger partial charge in [0, 0.05) is 32.7 Å². The van der Waals surface area contributed by atoms with Crippen molar-refractivity contribution in [2.45, 2.75) is 0 Å². The van der Waals surface area contributed by atoms with E-state index >= 15 is 0 Å². The van der Waals surface area contributed by atoms with Crippen LogP contribution in [-0.2, 0) is 0 Å². The van der Waals surface area contributed by atoms with Gasteiger partial charge in [-0.05, 0) is 48.0 Å². The van der Waals surface area contributed by atoms with Gasteiger partial charge in [0.05, 0.1) is 24.9 Å². The van der Waals surface area contributed by atoms with Crippen LogP contribution in [0.25, 0.3) is 83.1 Å². The lowest BCUT2D eigenvalue weighted by Crippen LogP contribution is -1.94. The van der Waals surface area contributed by atoms with Gasteiger partial charge < -0.3 is 13.4 Å². The van der Waals surface area contributed by atoms with Gasteiger partial charge in [-0.2, -0.15) is 0 Å². The maximum absolute atomic E-state index is 9.13. The molecule has 0 unspecified atom stereocenters. The molecule has 4 heteroatoms. The molecule has 9 rings (SSSR count). The molecule has 41 heavy (non-hydrogen) atoms. The van der Waals surface area contributed by atoms with Gasteiger partial charge in [0.1, 0.15) is 11.1 Å². The second kappa shape index (κ2) is 8.44. The van der Waals surface area contributed by atoms with E-state index in [9.17, 15) is 0 Å². The van der Waals surface area contributed by atoms with Crippen molar-refractivity contribution in [3.63, 3.8) is 0 Å². The van der Waals surface area contributed by atoms with Gasteiger partial charge in [0.25, 0.3) is 0 Å². The molecule has 9 aromatic rings. The molecule has 0 saturated heterocycles. The normalized spacial score (nSPS) is 14.0. The van der Waals surface area contributed by atoms with Crippen molar-refractivity contribution in [2.24, 2.45) is 0 Å². The van der Waals surface area contributed by atoms with Crippen LogP contribution in [0.1, 0.15) is 8.22 Å². The first-order valence-corrected chi connectivity index (χ1v) is 13.2. The fourth-order valence-electron chi connectivity index (χ4n) is 5.84. The van der Waals surface area contributed by atoms with Gasteiger partial charge in [0.15, 0.2) is 11.2 Å². The van der Waals surface area contributed by atoms with Crippen molar-refractivity contribution in [1.29, 1.82) is 0 Å². The number of aromatic nitrogens is 2. The minimum Gasteiger partial charge on any atom is -0.454 e. The number of oxazole rings is 1. The van der Waals surface area contributed by atoms with Crippen LogP contribution in [0.5, 0.6) is 0 Å². The van der Waals surface area contributed by atoms with E-state index < -0.39 is 0 Å². The predicted molar refractivity (Wildman–Crippen MR) is 166 cm³/mol. The lowest BCUT2D eigenvalue weighted by Gasteiger charge is -2.08. The zero-order valence-corrected chi connectivity index (χ0v) is 21.4. The largest absolute Gasteiger partial charge is 0.454 e. The second-order valence-electron chi connectivity index (χ2n) is 9.89. The summed E-state index contributed by atoms with van der Waals surface area (Å²) in [5, 5.41) is 2.33. The summed E-state index contributed by atoms with van der Waals surface area (Å²) in [6.45, 7) is 0. The van der Waals surface area contributed by atoms with E-state index in [4.69, 9.17) is 17.1 Å². The van der Waals surface area contributed by atoms with Crippen LogP contribution in [0.3, 0.4) is 0 Å². The van der Waals surface area contributed by atoms with Crippen LogP contribution in [0.4, 0.5) is 0 Å². The summed E-state index contributed by atoms with van der Waals surface area (Å²) < 4.78 is 68.6. The van der Waals surface area contributed by atoms with Crippen molar-refractivity contribution < 1.29 is 17.1 Å². The Morgan fingerprint density at radius 2 is 1.32 bits per heavy atom. The van der Waals surface area contributed by atoms with E-state index in [1.165, 1.54) is 0 Å². The van der Waals surface area contributed by atoms with Gasteiger partial charge in [-0.25, -0.2) is 4.98 Å². The maximum atomic E-state index is 9.13. The molecule has 0 bridgehead atoms. The molecule has 6 aromatic carbocycles. The molecule has 3 aromatic heterocycles. The van der Waals surface area contributed by atoms with Crippen molar-refractivity contribution in [2.75, 3.05) is 0 Å². The Morgan fingerprint density at radius 3 is 2.12 bits per heavy atom. The molecule has 0 aliphatic heterocycles. The lowest BCUT2D eigenvalue weighted by atomic mass is 9.98. The topological polar surface area (TPSA) is 44.1 Å². The SMILES string of the molecule is [2H]c1c([2H])c(-c2cccc3nc(-c4ccccc4)oc23)c2c(oc3c(-n4c5ccccc5c5ccccc54)c([2H])c([2H])c([2H])c32)c1[2H]. The number of nitrogens with zero attached hydrogens (tertiary/aromatic N) is 2. The summed E-state index contributed by atoms with van der Waals surface area (Å²) in [7, 11) is 0. The fraction of sp³-hybridized carbons (Fsp3) is 0. The van der Waals surface area contributed by atoms with Crippen molar-refractivity contribution in [1.82, 2.24) is 9.55 Å². The number of benzene rings is 6. The average molecular weight is 533 g/mol. The molecule has 0 spiro atoms. The Bertz CT molecular complexity index is 2710. The Hall–Kier alpha value is -5.61. The summed E-state index contributed by atoms with van der Waals surface area (Å²) >= 11 is 0. The zero-order valence-electron chi connectivity index (χ0n) is 27.4. The maximum Gasteiger partial charge on any atom is 0.227 e. The fourth-order valence-corrected chi connectivity index (χ4v) is 5.84. The molecule has 0 radical (unpaired) electrons. The smallest absolute Gasteiger partial charge is 0.227 e. The van der Waals surface area contributed by atoms with Gasteiger partial charge in [-0.15, -0.1) is 0 Å². The quantitative estimate of drug-likeness (QED) is 0.227. The molecule has 3 heterocycles. The summed E-state index contributed by atoms with van der Waals surface area (Å²) in [5.41, 5.74) is 4.32. The molecule has 0 N–H and O–H groups in total. The third kappa shape index (κ3) is 3.19. The second-order valence-corrected chi connectivity index (χ2v) is 9.89. The number of furan rings is 1. The van der Waals surface area contributed by atoms with Crippen LogP contribution in [-0.4, -0.2) is 9.55 Å². The van der Waals surface area contributed by atoms with Gasteiger partial charge in [-0.1, -0.05) is 90.9 Å². The lowest BCUT2D eigenvalue weighted by molar-refractivity contribution is 0.621. The molecule has 0 atom stereocenters. The molecular weight excluding hydrogens is 504 g/mol. The van der Waals surface area contributed by atoms with E-state index in [1.807, 2.05) is 83.4 Å². The van der Waals surface area contributed by atoms with Crippen LogP contribution >= 0.6 is 0 Å². The Kier molecular flexibility index (Phi) is 3.53. The molecule has 0 saturated carbocycles. The monoisotopic (exact) mass is 532 g/mol. The van der Waals surface area contributed by atoms with E-state index in [0.29, 0.717) is 22.6 Å². The van der Waals surface area contributed by atoms with E-state index in [1.54, 1.807) is 18.2 Å². The molecule has 0 aliphatic carbocycles. The summed E-state index contributed by atoms with van der Waals surface area (Å²) in [4.78, 5) is 4.69. The average Bonchev–Trinajstić information content (AvgIpc) is 3.81. The number of fused-ring (bicyclic) bond motifs is 7. The zero-order chi connectivity index (χ0) is 32.1. The van der Waals surface area contributed by atoms with E-state index in [0.717, 1.165) is 27.4 Å².